The molecule has 1 aromatic carbocycles. The van der Waals surface area contributed by atoms with Crippen LogP contribution < -0.4 is 21.1 Å². The summed E-state index contributed by atoms with van der Waals surface area (Å²) in [4.78, 5) is 7.72. The monoisotopic (exact) mass is 549 g/mol. The summed E-state index contributed by atoms with van der Waals surface area (Å²) in [5, 5.41) is 5.57. The van der Waals surface area contributed by atoms with Gasteiger partial charge in [0.15, 0.2) is 5.96 Å². The number of nitrogens with two attached hydrogens (primary N) is 1. The standard InChI is InChI=1S/C17H17F6N5O.HI/c18-16(19,20)11-2-7-14(27-10-11)25-8-1-9-26-15(24)28-12-3-5-13(6-4-12)29-17(21,22)23;/h2-7,10H,1,8-9H2,(H,25,27)(H3,24,26,28);1H. The highest BCUT2D eigenvalue weighted by Gasteiger charge is 2.31. The molecule has 0 saturated carbocycles. The van der Waals surface area contributed by atoms with Gasteiger partial charge in [-0.25, -0.2) is 4.98 Å². The van der Waals surface area contributed by atoms with Gasteiger partial charge in [-0.2, -0.15) is 13.2 Å². The van der Waals surface area contributed by atoms with Crippen molar-refractivity contribution < 1.29 is 31.1 Å². The number of hydrogen-bond donors (Lipinski definition) is 3. The van der Waals surface area contributed by atoms with Crippen molar-refractivity contribution >= 4 is 41.4 Å². The first-order chi connectivity index (χ1) is 13.5. The number of alkyl halides is 6. The third-order valence-corrected chi connectivity index (χ3v) is 3.37. The third kappa shape index (κ3) is 9.37. The average Bonchev–Trinajstić information content (AvgIpc) is 2.61. The lowest BCUT2D eigenvalue weighted by Crippen LogP contribution is -2.23. The van der Waals surface area contributed by atoms with Crippen LogP contribution in [0, 0.1) is 0 Å². The van der Waals surface area contributed by atoms with E-state index in [1.807, 2.05) is 0 Å². The molecule has 0 unspecified atom stereocenters. The molecule has 1 aromatic heterocycles. The van der Waals surface area contributed by atoms with Crippen LogP contribution in [-0.2, 0) is 6.18 Å². The molecule has 2 rings (SSSR count). The Labute approximate surface area is 184 Å². The third-order valence-electron chi connectivity index (χ3n) is 3.37. The highest BCUT2D eigenvalue weighted by atomic mass is 127. The molecule has 4 N–H and O–H groups in total. The molecular weight excluding hydrogens is 531 g/mol. The molecule has 0 spiro atoms. The first-order valence-electron chi connectivity index (χ1n) is 8.23. The molecule has 0 fully saturated rings. The zero-order valence-corrected chi connectivity index (χ0v) is 17.5. The minimum absolute atomic E-state index is 0. The normalized spacial score (nSPS) is 12.1. The van der Waals surface area contributed by atoms with E-state index in [4.69, 9.17) is 5.73 Å². The van der Waals surface area contributed by atoms with Gasteiger partial charge in [0.05, 0.1) is 5.56 Å². The number of hydrogen-bond acceptors (Lipinski definition) is 4. The number of halogens is 7. The van der Waals surface area contributed by atoms with E-state index in [0.29, 0.717) is 31.0 Å². The predicted octanol–water partition coefficient (Wildman–Crippen LogP) is 4.85. The van der Waals surface area contributed by atoms with Crippen LogP contribution in [0.2, 0.25) is 0 Å². The molecule has 0 atom stereocenters. The van der Waals surface area contributed by atoms with Crippen molar-refractivity contribution in [2.45, 2.75) is 19.0 Å². The lowest BCUT2D eigenvalue weighted by atomic mass is 10.3. The van der Waals surface area contributed by atoms with E-state index in [0.717, 1.165) is 24.4 Å². The number of pyridine rings is 1. The Hall–Kier alpha value is -2.45. The molecule has 6 nitrogen and oxygen atoms in total. The van der Waals surface area contributed by atoms with E-state index in [2.05, 4.69) is 25.3 Å². The van der Waals surface area contributed by atoms with Crippen molar-refractivity contribution in [1.82, 2.24) is 4.98 Å². The van der Waals surface area contributed by atoms with E-state index in [1.165, 1.54) is 18.2 Å². The first kappa shape index (κ1) is 25.6. The molecule has 13 heteroatoms. The molecule has 0 aliphatic heterocycles. The molecular formula is C17H18F6IN5O. The number of guanidine groups is 1. The quantitative estimate of drug-likeness (QED) is 0.151. The van der Waals surface area contributed by atoms with Gasteiger partial charge in [0, 0.05) is 25.0 Å². The number of nitrogens with one attached hydrogen (secondary N) is 2. The van der Waals surface area contributed by atoms with Gasteiger partial charge < -0.3 is 21.1 Å². The summed E-state index contributed by atoms with van der Waals surface area (Å²) in [6.07, 6.45) is -7.94. The highest BCUT2D eigenvalue weighted by Crippen LogP contribution is 2.28. The van der Waals surface area contributed by atoms with Crippen molar-refractivity contribution in [3.63, 3.8) is 0 Å². The topological polar surface area (TPSA) is 84.6 Å². The van der Waals surface area contributed by atoms with Crippen LogP contribution in [0.3, 0.4) is 0 Å². The van der Waals surface area contributed by atoms with Gasteiger partial charge in [-0.1, -0.05) is 0 Å². The summed E-state index contributed by atoms with van der Waals surface area (Å²) in [6.45, 7) is 0.709. The summed E-state index contributed by atoms with van der Waals surface area (Å²) in [5.41, 5.74) is 5.28. The fourth-order valence-corrected chi connectivity index (χ4v) is 2.09. The molecule has 0 amide bonds. The smallest absolute Gasteiger partial charge is 0.406 e. The predicted molar refractivity (Wildman–Crippen MR) is 111 cm³/mol. The van der Waals surface area contributed by atoms with Gasteiger partial charge in [-0.3, -0.25) is 4.99 Å². The van der Waals surface area contributed by atoms with Gasteiger partial charge in [-0.05, 0) is 42.8 Å². The minimum Gasteiger partial charge on any atom is -0.406 e. The number of aliphatic imine (C=N–C) groups is 1. The number of rotatable bonds is 7. The maximum absolute atomic E-state index is 12.4. The van der Waals surface area contributed by atoms with Crippen LogP contribution in [-0.4, -0.2) is 30.4 Å². The molecule has 166 valence electrons. The molecule has 0 bridgehead atoms. The van der Waals surface area contributed by atoms with Gasteiger partial charge >= 0.3 is 12.5 Å². The van der Waals surface area contributed by atoms with Crippen LogP contribution in [0.1, 0.15) is 12.0 Å². The summed E-state index contributed by atoms with van der Waals surface area (Å²) in [6, 6.07) is 7.12. The van der Waals surface area contributed by atoms with Crippen molar-refractivity contribution in [3.05, 3.63) is 48.2 Å². The maximum Gasteiger partial charge on any atom is 0.573 e. The Morgan fingerprint density at radius 3 is 2.23 bits per heavy atom. The summed E-state index contributed by atoms with van der Waals surface area (Å²) >= 11 is 0. The summed E-state index contributed by atoms with van der Waals surface area (Å²) < 4.78 is 77.4. The zero-order chi connectivity index (χ0) is 21.5. The molecule has 0 radical (unpaired) electrons. The van der Waals surface area contributed by atoms with Crippen molar-refractivity contribution in [2.75, 3.05) is 23.7 Å². The number of benzene rings is 1. The van der Waals surface area contributed by atoms with Crippen LogP contribution in [0.15, 0.2) is 47.6 Å². The van der Waals surface area contributed by atoms with E-state index in [1.54, 1.807) is 0 Å². The molecule has 0 aliphatic rings. The summed E-state index contributed by atoms with van der Waals surface area (Å²) in [5.74, 6) is -0.00195. The second-order valence-corrected chi connectivity index (χ2v) is 5.67. The molecule has 0 aliphatic carbocycles. The zero-order valence-electron chi connectivity index (χ0n) is 15.2. The number of aromatic nitrogens is 1. The van der Waals surface area contributed by atoms with E-state index in [-0.39, 0.29) is 35.7 Å². The van der Waals surface area contributed by atoms with Crippen LogP contribution in [0.5, 0.6) is 5.75 Å². The van der Waals surface area contributed by atoms with E-state index in [9.17, 15) is 26.3 Å². The van der Waals surface area contributed by atoms with Gasteiger partial charge in [-0.15, -0.1) is 37.1 Å². The first-order valence-corrected chi connectivity index (χ1v) is 8.23. The molecule has 0 saturated heterocycles. The molecule has 30 heavy (non-hydrogen) atoms. The second kappa shape index (κ2) is 11.1. The van der Waals surface area contributed by atoms with E-state index >= 15 is 0 Å². The number of ether oxygens (including phenoxy) is 1. The summed E-state index contributed by atoms with van der Waals surface area (Å²) in [7, 11) is 0. The highest BCUT2D eigenvalue weighted by molar-refractivity contribution is 14.0. The van der Waals surface area contributed by atoms with Gasteiger partial charge in [0.25, 0.3) is 0 Å². The maximum atomic E-state index is 12.4. The van der Waals surface area contributed by atoms with E-state index < -0.39 is 18.1 Å². The fraction of sp³-hybridized carbons (Fsp3) is 0.294. The van der Waals surface area contributed by atoms with Gasteiger partial charge in [0.1, 0.15) is 11.6 Å². The largest absolute Gasteiger partial charge is 0.573 e. The van der Waals surface area contributed by atoms with Crippen molar-refractivity contribution in [1.29, 1.82) is 0 Å². The average molecular weight is 549 g/mol. The Bertz CT molecular complexity index is 809. The van der Waals surface area contributed by atoms with Crippen LogP contribution in [0.25, 0.3) is 0 Å². The second-order valence-electron chi connectivity index (χ2n) is 5.67. The number of anilines is 2. The molecule has 1 heterocycles. The van der Waals surface area contributed by atoms with Gasteiger partial charge in [0.2, 0.25) is 0 Å². The lowest BCUT2D eigenvalue weighted by molar-refractivity contribution is -0.274. The Kier molecular flexibility index (Phi) is 9.45. The minimum atomic E-state index is -4.76. The van der Waals surface area contributed by atoms with Crippen LogP contribution in [0.4, 0.5) is 37.8 Å². The fourth-order valence-electron chi connectivity index (χ4n) is 2.09. The van der Waals surface area contributed by atoms with Crippen LogP contribution >= 0.6 is 24.0 Å². The lowest BCUT2D eigenvalue weighted by Gasteiger charge is -2.10. The van der Waals surface area contributed by atoms with Crippen molar-refractivity contribution in [3.8, 4) is 5.75 Å². The Morgan fingerprint density at radius 2 is 1.70 bits per heavy atom. The Balaban J connectivity index is 0.00000450. The SMILES string of the molecule is I.NC(=NCCCNc1ccc(C(F)(F)F)cn1)Nc1ccc(OC(F)(F)F)cc1. The number of nitrogens with zero attached hydrogens (tertiary/aromatic N) is 2. The Morgan fingerprint density at radius 1 is 1.03 bits per heavy atom. The molecule has 2 aromatic rings. The van der Waals surface area contributed by atoms with Crippen molar-refractivity contribution in [2.24, 2.45) is 10.7 Å².